The minimum Gasteiger partial charge on any atom is -0.325 e. The summed E-state index contributed by atoms with van der Waals surface area (Å²) in [5.41, 5.74) is 1.38. The molecule has 2 aromatic rings. The number of carbonyl (C=O) groups excluding carboxylic acids is 2. The molecule has 0 fully saturated rings. The Labute approximate surface area is 144 Å². The highest BCUT2D eigenvalue weighted by Gasteiger charge is 2.38. The lowest BCUT2D eigenvalue weighted by Gasteiger charge is -2.15. The average Bonchev–Trinajstić information content (AvgIpc) is 2.64. The third kappa shape index (κ3) is 3.34. The van der Waals surface area contributed by atoms with Gasteiger partial charge in [0.25, 0.3) is 0 Å². The van der Waals surface area contributed by atoms with Crippen molar-refractivity contribution in [3.63, 3.8) is 0 Å². The lowest BCUT2D eigenvalue weighted by atomic mass is 10.00. The number of halogens is 1. The molecule has 0 saturated carbocycles. The van der Waals surface area contributed by atoms with Crippen LogP contribution in [0, 0.1) is 0 Å². The van der Waals surface area contributed by atoms with Gasteiger partial charge in [-0.3, -0.25) is 9.59 Å². The van der Waals surface area contributed by atoms with Crippen molar-refractivity contribution in [1.82, 2.24) is 0 Å². The largest absolute Gasteiger partial charge is 0.325 e. The Bertz CT molecular complexity index is 906. The van der Waals surface area contributed by atoms with Gasteiger partial charge in [0.2, 0.25) is 5.91 Å². The van der Waals surface area contributed by atoms with E-state index >= 15 is 0 Å². The van der Waals surface area contributed by atoms with Gasteiger partial charge in [-0.05, 0) is 36.2 Å². The molecule has 3 rings (SSSR count). The molecule has 5 nitrogen and oxygen atoms in total. The summed E-state index contributed by atoms with van der Waals surface area (Å²) in [6.45, 7) is 0. The molecule has 1 aliphatic heterocycles. The highest BCUT2D eigenvalue weighted by atomic mass is 35.5. The van der Waals surface area contributed by atoms with Crippen molar-refractivity contribution in [2.24, 2.45) is 0 Å². The Balaban J connectivity index is 1.92. The molecule has 24 heavy (non-hydrogen) atoms. The van der Waals surface area contributed by atoms with E-state index in [1.54, 1.807) is 48.5 Å². The summed E-state index contributed by atoms with van der Waals surface area (Å²) in [4.78, 5) is 24.7. The number of nitrogens with one attached hydrogen (secondary N) is 1. The van der Waals surface area contributed by atoms with Crippen LogP contribution in [0.4, 0.5) is 5.69 Å². The van der Waals surface area contributed by atoms with Crippen molar-refractivity contribution in [3.8, 4) is 0 Å². The van der Waals surface area contributed by atoms with Gasteiger partial charge in [-0.25, -0.2) is 8.42 Å². The predicted molar refractivity (Wildman–Crippen MR) is 92.1 cm³/mol. The molecule has 0 bridgehead atoms. The van der Waals surface area contributed by atoms with Crippen LogP contribution in [0.1, 0.15) is 15.9 Å². The van der Waals surface area contributed by atoms with E-state index in [-0.39, 0.29) is 6.42 Å². The molecule has 0 aromatic heterocycles. The topological polar surface area (TPSA) is 80.3 Å². The smallest absolute Gasteiger partial charge is 0.243 e. The van der Waals surface area contributed by atoms with Crippen LogP contribution in [0.3, 0.4) is 0 Å². The van der Waals surface area contributed by atoms with E-state index in [1.807, 2.05) is 0 Å². The van der Waals surface area contributed by atoms with Gasteiger partial charge in [0.05, 0.1) is 0 Å². The van der Waals surface area contributed by atoms with Gasteiger partial charge in [-0.15, -0.1) is 0 Å². The van der Waals surface area contributed by atoms with E-state index in [4.69, 9.17) is 11.6 Å². The van der Waals surface area contributed by atoms with Crippen LogP contribution < -0.4 is 5.32 Å². The molecule has 0 radical (unpaired) electrons. The van der Waals surface area contributed by atoms with Crippen molar-refractivity contribution in [1.29, 1.82) is 0 Å². The predicted octanol–water partition coefficient (Wildman–Crippen LogP) is 2.50. The summed E-state index contributed by atoms with van der Waals surface area (Å²) in [6, 6.07) is 13.0. The average molecular weight is 364 g/mol. The van der Waals surface area contributed by atoms with Gasteiger partial charge < -0.3 is 5.32 Å². The number of benzene rings is 2. The third-order valence-electron chi connectivity index (χ3n) is 3.89. The van der Waals surface area contributed by atoms with Crippen LogP contribution in [0.15, 0.2) is 48.5 Å². The Morgan fingerprint density at radius 1 is 1.08 bits per heavy atom. The molecule has 7 heteroatoms. The zero-order valence-corrected chi connectivity index (χ0v) is 14.1. The van der Waals surface area contributed by atoms with Gasteiger partial charge in [0.15, 0.2) is 15.6 Å². The normalized spacial score (nSPS) is 19.2. The van der Waals surface area contributed by atoms with Crippen LogP contribution in [0.5, 0.6) is 0 Å². The lowest BCUT2D eigenvalue weighted by Crippen LogP contribution is -2.38. The maximum absolute atomic E-state index is 12.5. The molecular formula is C17H14ClNO4S. The van der Waals surface area contributed by atoms with Crippen molar-refractivity contribution >= 4 is 38.8 Å². The van der Waals surface area contributed by atoms with Crippen LogP contribution in [-0.4, -0.2) is 31.1 Å². The molecular weight excluding hydrogens is 350 g/mol. The van der Waals surface area contributed by atoms with Crippen LogP contribution in [-0.2, 0) is 21.1 Å². The number of sulfone groups is 1. The zero-order valence-electron chi connectivity index (χ0n) is 12.5. The summed E-state index contributed by atoms with van der Waals surface area (Å²) in [7, 11) is -3.89. The van der Waals surface area contributed by atoms with Gasteiger partial charge in [0.1, 0.15) is 11.0 Å². The SMILES string of the molecule is O=C1CS(=O)(=O)C(C(=O)Nc2ccc(Cl)cc2)Cc2ccccc21. The fourth-order valence-electron chi connectivity index (χ4n) is 2.67. The van der Waals surface area contributed by atoms with Gasteiger partial charge >= 0.3 is 0 Å². The number of Topliss-reactive ketones (excluding diaryl/α,β-unsaturated/α-hetero) is 1. The molecule has 124 valence electrons. The summed E-state index contributed by atoms with van der Waals surface area (Å²) >= 11 is 5.79. The minimum absolute atomic E-state index is 0.0241. The molecule has 1 aliphatic rings. The minimum atomic E-state index is -3.89. The van der Waals surface area contributed by atoms with Crippen LogP contribution in [0.25, 0.3) is 0 Å². The molecule has 1 amide bonds. The standard InChI is InChI=1S/C17H14ClNO4S/c18-12-5-7-13(8-6-12)19-17(21)16-9-11-3-1-2-4-14(11)15(20)10-24(16,22)23/h1-8,16H,9-10H2,(H,19,21). The monoisotopic (exact) mass is 363 g/mol. The summed E-state index contributed by atoms with van der Waals surface area (Å²) in [6.07, 6.45) is -0.0241. The Morgan fingerprint density at radius 3 is 2.46 bits per heavy atom. The molecule has 1 atom stereocenters. The Kier molecular flexibility index (Phi) is 4.43. The summed E-state index contributed by atoms with van der Waals surface area (Å²) in [5.74, 6) is -1.79. The number of amides is 1. The van der Waals surface area contributed by atoms with E-state index < -0.39 is 32.5 Å². The van der Waals surface area contributed by atoms with E-state index in [0.29, 0.717) is 21.8 Å². The van der Waals surface area contributed by atoms with Crippen molar-refractivity contribution in [3.05, 3.63) is 64.7 Å². The van der Waals surface area contributed by atoms with Gasteiger partial charge in [-0.1, -0.05) is 35.9 Å². The van der Waals surface area contributed by atoms with Gasteiger partial charge in [0, 0.05) is 16.3 Å². The lowest BCUT2D eigenvalue weighted by molar-refractivity contribution is -0.115. The first-order valence-electron chi connectivity index (χ1n) is 7.26. The Hall–Kier alpha value is -2.18. The number of hydrogen-bond donors (Lipinski definition) is 1. The first kappa shape index (κ1) is 16.7. The number of rotatable bonds is 2. The Morgan fingerprint density at radius 2 is 1.75 bits per heavy atom. The van der Waals surface area contributed by atoms with E-state index in [1.165, 1.54) is 0 Å². The quantitative estimate of drug-likeness (QED) is 0.889. The number of hydrogen-bond acceptors (Lipinski definition) is 4. The second-order valence-electron chi connectivity index (χ2n) is 5.58. The fraction of sp³-hybridized carbons (Fsp3) is 0.176. The van der Waals surface area contributed by atoms with Crippen molar-refractivity contribution in [2.45, 2.75) is 11.7 Å². The first-order valence-corrected chi connectivity index (χ1v) is 9.35. The van der Waals surface area contributed by atoms with Gasteiger partial charge in [-0.2, -0.15) is 0 Å². The number of fused-ring (bicyclic) bond motifs is 1. The number of carbonyl (C=O) groups is 2. The maximum Gasteiger partial charge on any atom is 0.243 e. The second kappa shape index (κ2) is 6.37. The highest BCUT2D eigenvalue weighted by Crippen LogP contribution is 2.23. The summed E-state index contributed by atoms with van der Waals surface area (Å²) in [5, 5.41) is 1.78. The van der Waals surface area contributed by atoms with Crippen molar-refractivity contribution < 1.29 is 18.0 Å². The van der Waals surface area contributed by atoms with E-state index in [2.05, 4.69) is 5.32 Å². The molecule has 0 aliphatic carbocycles. The zero-order chi connectivity index (χ0) is 17.3. The molecule has 2 aromatic carbocycles. The number of ketones is 1. The van der Waals surface area contributed by atoms with Crippen LogP contribution in [0.2, 0.25) is 5.02 Å². The molecule has 1 N–H and O–H groups in total. The molecule has 0 saturated heterocycles. The second-order valence-corrected chi connectivity index (χ2v) is 8.20. The third-order valence-corrected chi connectivity index (χ3v) is 6.06. The number of anilines is 1. The molecule has 1 heterocycles. The van der Waals surface area contributed by atoms with E-state index in [9.17, 15) is 18.0 Å². The van der Waals surface area contributed by atoms with Crippen LogP contribution >= 0.6 is 11.6 Å². The van der Waals surface area contributed by atoms with Crippen molar-refractivity contribution in [2.75, 3.05) is 11.1 Å². The summed E-state index contributed by atoms with van der Waals surface area (Å²) < 4.78 is 24.9. The highest BCUT2D eigenvalue weighted by molar-refractivity contribution is 7.93. The fourth-order valence-corrected chi connectivity index (χ4v) is 4.34. The van der Waals surface area contributed by atoms with E-state index in [0.717, 1.165) is 0 Å². The first-order chi connectivity index (χ1) is 11.4. The molecule has 0 spiro atoms. The maximum atomic E-state index is 12.5. The molecule has 1 unspecified atom stereocenters.